The molecule has 0 N–H and O–H groups in total. The molecule has 1 rings (SSSR count). The highest BCUT2D eigenvalue weighted by Crippen LogP contribution is 2.12. The van der Waals surface area contributed by atoms with E-state index in [9.17, 15) is 0 Å². The highest BCUT2D eigenvalue weighted by atomic mass is 32.1. The molecule has 0 heterocycles. The number of thiol groups is 1. The van der Waals surface area contributed by atoms with Crippen molar-refractivity contribution >= 4 is 12.6 Å². The summed E-state index contributed by atoms with van der Waals surface area (Å²) < 4.78 is 5.50. The van der Waals surface area contributed by atoms with Crippen LogP contribution in [0.25, 0.3) is 0 Å². The molecule has 0 atom stereocenters. The Morgan fingerprint density at radius 1 is 1.23 bits per heavy atom. The number of hydrogen-bond acceptors (Lipinski definition) is 2. The molecule has 13 heavy (non-hydrogen) atoms. The van der Waals surface area contributed by atoms with Crippen LogP contribution in [0, 0.1) is 0 Å². The van der Waals surface area contributed by atoms with E-state index in [1.807, 2.05) is 12.1 Å². The zero-order chi connectivity index (χ0) is 9.52. The smallest absolute Gasteiger partial charge is 0.119 e. The number of hydrogen-bond donors (Lipinski definition) is 1. The van der Waals surface area contributed by atoms with Crippen LogP contribution in [0.3, 0.4) is 0 Å². The van der Waals surface area contributed by atoms with Crippen molar-refractivity contribution in [2.45, 2.75) is 19.8 Å². The van der Waals surface area contributed by atoms with Gasteiger partial charge in [0.05, 0.1) is 6.61 Å². The third kappa shape index (κ3) is 3.73. The van der Waals surface area contributed by atoms with E-state index >= 15 is 0 Å². The second-order valence-corrected chi connectivity index (χ2v) is 3.37. The van der Waals surface area contributed by atoms with Gasteiger partial charge in [0.1, 0.15) is 5.75 Å². The quantitative estimate of drug-likeness (QED) is 0.562. The van der Waals surface area contributed by atoms with Crippen molar-refractivity contribution in [3.8, 4) is 5.75 Å². The molecule has 0 fully saturated rings. The van der Waals surface area contributed by atoms with Gasteiger partial charge in [0, 0.05) is 0 Å². The van der Waals surface area contributed by atoms with Gasteiger partial charge in [-0.25, -0.2) is 0 Å². The molecule has 0 aromatic heterocycles. The van der Waals surface area contributed by atoms with Crippen LogP contribution in [0.1, 0.15) is 18.9 Å². The van der Waals surface area contributed by atoms with E-state index in [0.717, 1.165) is 31.0 Å². The first-order valence-electron chi connectivity index (χ1n) is 4.69. The maximum absolute atomic E-state index is 5.50. The maximum Gasteiger partial charge on any atom is 0.119 e. The van der Waals surface area contributed by atoms with Gasteiger partial charge in [0.2, 0.25) is 0 Å². The molecule has 0 unspecified atom stereocenters. The Labute approximate surface area is 85.5 Å². The molecule has 0 spiro atoms. The Morgan fingerprint density at radius 3 is 2.46 bits per heavy atom. The van der Waals surface area contributed by atoms with Crippen LogP contribution in [0.15, 0.2) is 24.3 Å². The van der Waals surface area contributed by atoms with Crippen LogP contribution in [0.2, 0.25) is 0 Å². The highest BCUT2D eigenvalue weighted by Gasteiger charge is 1.93. The van der Waals surface area contributed by atoms with Gasteiger partial charge in [0.15, 0.2) is 0 Å². The summed E-state index contributed by atoms with van der Waals surface area (Å²) >= 11 is 4.12. The van der Waals surface area contributed by atoms with Gasteiger partial charge >= 0.3 is 0 Å². The monoisotopic (exact) mass is 196 g/mol. The summed E-state index contributed by atoms with van der Waals surface area (Å²) in [4.78, 5) is 0. The van der Waals surface area contributed by atoms with Gasteiger partial charge in [0.25, 0.3) is 0 Å². The predicted molar refractivity (Wildman–Crippen MR) is 59.8 cm³/mol. The van der Waals surface area contributed by atoms with E-state index in [0.29, 0.717) is 0 Å². The zero-order valence-corrected chi connectivity index (χ0v) is 8.89. The largest absolute Gasteiger partial charge is 0.494 e. The zero-order valence-electron chi connectivity index (χ0n) is 7.99. The third-order valence-electron chi connectivity index (χ3n) is 1.90. The summed E-state index contributed by atoms with van der Waals surface area (Å²) in [6, 6.07) is 8.26. The van der Waals surface area contributed by atoms with Crippen molar-refractivity contribution in [3.63, 3.8) is 0 Å². The second-order valence-electron chi connectivity index (χ2n) is 2.92. The average Bonchev–Trinajstić information content (AvgIpc) is 2.19. The summed E-state index contributed by atoms with van der Waals surface area (Å²) in [6.07, 6.45) is 2.08. The van der Waals surface area contributed by atoms with Crippen LogP contribution in [0.4, 0.5) is 0 Å². The average molecular weight is 196 g/mol. The first-order chi connectivity index (χ1) is 6.36. The minimum atomic E-state index is 0.759. The number of rotatable bonds is 5. The molecule has 0 radical (unpaired) electrons. The molecule has 0 saturated heterocycles. The van der Waals surface area contributed by atoms with Gasteiger partial charge in [-0.05, 0) is 36.3 Å². The van der Waals surface area contributed by atoms with Gasteiger partial charge < -0.3 is 4.74 Å². The van der Waals surface area contributed by atoms with Crippen LogP contribution >= 0.6 is 12.6 Å². The van der Waals surface area contributed by atoms with E-state index in [4.69, 9.17) is 4.74 Å². The minimum Gasteiger partial charge on any atom is -0.494 e. The van der Waals surface area contributed by atoms with Crippen molar-refractivity contribution in [1.29, 1.82) is 0 Å². The van der Waals surface area contributed by atoms with Crippen molar-refractivity contribution in [1.82, 2.24) is 0 Å². The van der Waals surface area contributed by atoms with E-state index in [1.54, 1.807) is 0 Å². The number of aryl methyl sites for hydroxylation is 1. The highest BCUT2D eigenvalue weighted by molar-refractivity contribution is 7.80. The summed E-state index contributed by atoms with van der Waals surface area (Å²) in [7, 11) is 0. The Kier molecular flexibility index (Phi) is 4.76. The lowest BCUT2D eigenvalue weighted by Crippen LogP contribution is -1.97. The molecule has 1 aromatic carbocycles. The Hall–Kier alpha value is -0.630. The molecule has 0 aliphatic heterocycles. The Balaban J connectivity index is 2.40. The second kappa shape index (κ2) is 5.92. The SMILES string of the molecule is CCc1ccc(OCCCS)cc1. The standard InChI is InChI=1S/C11H16OS/c1-2-10-4-6-11(7-5-10)12-8-3-9-13/h4-7,13H,2-3,8-9H2,1H3. The lowest BCUT2D eigenvalue weighted by atomic mass is 10.2. The van der Waals surface area contributed by atoms with Crippen molar-refractivity contribution in [3.05, 3.63) is 29.8 Å². The number of benzene rings is 1. The molecule has 0 saturated carbocycles. The van der Waals surface area contributed by atoms with E-state index in [1.165, 1.54) is 5.56 Å². The first-order valence-corrected chi connectivity index (χ1v) is 5.32. The fraction of sp³-hybridized carbons (Fsp3) is 0.455. The molecule has 0 aliphatic carbocycles. The topological polar surface area (TPSA) is 9.23 Å². The van der Waals surface area contributed by atoms with Crippen molar-refractivity contribution < 1.29 is 4.74 Å². The molecule has 0 amide bonds. The van der Waals surface area contributed by atoms with Gasteiger partial charge in [-0.15, -0.1) is 0 Å². The lowest BCUT2D eigenvalue weighted by molar-refractivity contribution is 0.319. The van der Waals surface area contributed by atoms with Gasteiger partial charge in [-0.2, -0.15) is 12.6 Å². The van der Waals surface area contributed by atoms with E-state index in [2.05, 4.69) is 31.7 Å². The first kappa shape index (κ1) is 10.5. The fourth-order valence-electron chi connectivity index (χ4n) is 1.08. The predicted octanol–water partition coefficient (Wildman–Crippen LogP) is 2.95. The number of ether oxygens (including phenoxy) is 1. The fourth-order valence-corrected chi connectivity index (χ4v) is 1.21. The summed E-state index contributed by atoms with van der Waals surface area (Å²) in [5, 5.41) is 0. The van der Waals surface area contributed by atoms with Gasteiger partial charge in [-0.3, -0.25) is 0 Å². The molecule has 0 aliphatic rings. The summed E-state index contributed by atoms with van der Waals surface area (Å²) in [5.74, 6) is 1.84. The molecular weight excluding hydrogens is 180 g/mol. The van der Waals surface area contributed by atoms with Crippen LogP contribution in [-0.2, 0) is 6.42 Å². The van der Waals surface area contributed by atoms with Crippen LogP contribution < -0.4 is 4.74 Å². The lowest BCUT2D eigenvalue weighted by Gasteiger charge is -2.05. The van der Waals surface area contributed by atoms with Crippen LogP contribution in [-0.4, -0.2) is 12.4 Å². The van der Waals surface area contributed by atoms with E-state index in [-0.39, 0.29) is 0 Å². The molecular formula is C11H16OS. The molecule has 2 heteroatoms. The van der Waals surface area contributed by atoms with E-state index < -0.39 is 0 Å². The molecule has 1 nitrogen and oxygen atoms in total. The van der Waals surface area contributed by atoms with Crippen LogP contribution in [0.5, 0.6) is 5.75 Å². The Morgan fingerprint density at radius 2 is 1.92 bits per heavy atom. The minimum absolute atomic E-state index is 0.759. The molecule has 0 bridgehead atoms. The summed E-state index contributed by atoms with van der Waals surface area (Å²) in [5.41, 5.74) is 1.35. The third-order valence-corrected chi connectivity index (χ3v) is 2.22. The maximum atomic E-state index is 5.50. The summed E-state index contributed by atoms with van der Waals surface area (Å²) in [6.45, 7) is 2.91. The molecule has 1 aromatic rings. The van der Waals surface area contributed by atoms with Gasteiger partial charge in [-0.1, -0.05) is 19.1 Å². The van der Waals surface area contributed by atoms with Crippen molar-refractivity contribution in [2.24, 2.45) is 0 Å². The van der Waals surface area contributed by atoms with Crippen molar-refractivity contribution in [2.75, 3.05) is 12.4 Å². The Bertz CT molecular complexity index is 230. The normalized spacial score (nSPS) is 10.0. The molecule has 72 valence electrons.